The minimum absolute atomic E-state index is 0.196. The first-order valence-electron chi connectivity index (χ1n) is 8.16. The summed E-state index contributed by atoms with van der Waals surface area (Å²) in [6, 6.07) is 0. The van der Waals surface area contributed by atoms with Crippen molar-refractivity contribution in [2.45, 2.75) is 76.7 Å². The molecule has 2 nitrogen and oxygen atoms in total. The summed E-state index contributed by atoms with van der Waals surface area (Å²) in [5.41, 5.74) is 1.89. The maximum Gasteiger partial charge on any atom is 0.0691 e. The van der Waals surface area contributed by atoms with Crippen molar-refractivity contribution in [2.75, 3.05) is 6.61 Å². The van der Waals surface area contributed by atoms with Crippen LogP contribution in [0.25, 0.3) is 0 Å². The van der Waals surface area contributed by atoms with Gasteiger partial charge in [-0.3, -0.25) is 4.99 Å². The van der Waals surface area contributed by atoms with E-state index < -0.39 is 0 Å². The van der Waals surface area contributed by atoms with E-state index in [0.29, 0.717) is 5.41 Å². The first-order valence-corrected chi connectivity index (χ1v) is 8.16. The summed E-state index contributed by atoms with van der Waals surface area (Å²) in [7, 11) is 0. The van der Waals surface area contributed by atoms with Gasteiger partial charge in [0.25, 0.3) is 0 Å². The fraction of sp³-hybridized carbons (Fsp3) is 0.824. The Morgan fingerprint density at radius 1 is 1.21 bits per heavy atom. The molecule has 0 N–H and O–H groups in total. The van der Waals surface area contributed by atoms with Gasteiger partial charge in [-0.25, -0.2) is 0 Å². The number of aliphatic imine (C=N–C) groups is 1. The van der Waals surface area contributed by atoms with Crippen LogP contribution in [-0.4, -0.2) is 18.4 Å². The van der Waals surface area contributed by atoms with Gasteiger partial charge in [0, 0.05) is 23.9 Å². The topological polar surface area (TPSA) is 21.6 Å². The van der Waals surface area contributed by atoms with Gasteiger partial charge in [-0.1, -0.05) is 32.3 Å². The third-order valence-electron chi connectivity index (χ3n) is 5.30. The van der Waals surface area contributed by atoms with Crippen LogP contribution in [0.5, 0.6) is 0 Å². The van der Waals surface area contributed by atoms with Gasteiger partial charge in [0.2, 0.25) is 0 Å². The van der Waals surface area contributed by atoms with Gasteiger partial charge in [-0.05, 0) is 44.9 Å². The van der Waals surface area contributed by atoms with Crippen molar-refractivity contribution < 1.29 is 4.74 Å². The van der Waals surface area contributed by atoms with Crippen LogP contribution >= 0.6 is 0 Å². The zero-order valence-electron chi connectivity index (χ0n) is 12.3. The summed E-state index contributed by atoms with van der Waals surface area (Å²) in [6.07, 6.45) is 17.0. The Kier molecular flexibility index (Phi) is 3.79. The molecule has 0 aromatic heterocycles. The molecule has 19 heavy (non-hydrogen) atoms. The lowest BCUT2D eigenvalue weighted by Gasteiger charge is -2.47. The third-order valence-corrected chi connectivity index (χ3v) is 5.30. The second-order valence-corrected chi connectivity index (χ2v) is 6.67. The quantitative estimate of drug-likeness (QED) is 0.725. The van der Waals surface area contributed by atoms with E-state index in [1.807, 2.05) is 0 Å². The molecular weight excluding hydrogens is 234 g/mol. The normalized spacial score (nSPS) is 33.6. The molecule has 1 atom stereocenters. The first kappa shape index (κ1) is 13.4. The second-order valence-electron chi connectivity index (χ2n) is 6.67. The molecule has 3 aliphatic rings. The summed E-state index contributed by atoms with van der Waals surface area (Å²) in [4.78, 5) is 4.78. The highest BCUT2D eigenvalue weighted by molar-refractivity contribution is 5.61. The summed E-state index contributed by atoms with van der Waals surface area (Å²) in [6.45, 7) is 3.25. The Morgan fingerprint density at radius 3 is 2.74 bits per heavy atom. The number of allylic oxidation sites excluding steroid dienone is 2. The molecule has 2 aliphatic heterocycles. The third kappa shape index (κ3) is 2.52. The van der Waals surface area contributed by atoms with Crippen LogP contribution in [0.15, 0.2) is 16.8 Å². The number of hydrogen-bond donors (Lipinski definition) is 0. The minimum Gasteiger partial charge on any atom is -0.375 e. The van der Waals surface area contributed by atoms with Gasteiger partial charge >= 0.3 is 0 Å². The lowest BCUT2D eigenvalue weighted by atomic mass is 9.67. The van der Waals surface area contributed by atoms with Crippen LogP contribution < -0.4 is 0 Å². The highest BCUT2D eigenvalue weighted by Gasteiger charge is 2.48. The standard InChI is InChI=1S/C17H27NO/c1-2-8-16(15-7-3-6-12-18-15)11-13-19-17(14-16)9-4-5-10-17/h7,12H,2-6,8-11,13-14H2,1H3/t16-/m1/s1. The van der Waals surface area contributed by atoms with Gasteiger partial charge in [0.15, 0.2) is 0 Å². The van der Waals surface area contributed by atoms with Crippen molar-refractivity contribution >= 4 is 6.21 Å². The van der Waals surface area contributed by atoms with E-state index in [1.165, 1.54) is 63.5 Å². The van der Waals surface area contributed by atoms with Crippen LogP contribution in [-0.2, 0) is 4.74 Å². The van der Waals surface area contributed by atoms with Gasteiger partial charge < -0.3 is 4.74 Å². The van der Waals surface area contributed by atoms with Crippen LogP contribution in [0, 0.1) is 5.41 Å². The van der Waals surface area contributed by atoms with Crippen molar-refractivity contribution in [3.05, 3.63) is 11.8 Å². The average molecular weight is 261 g/mol. The molecule has 0 aromatic rings. The van der Waals surface area contributed by atoms with Crippen molar-refractivity contribution in [3.63, 3.8) is 0 Å². The largest absolute Gasteiger partial charge is 0.375 e. The maximum absolute atomic E-state index is 6.24. The van der Waals surface area contributed by atoms with Gasteiger partial charge in [0.05, 0.1) is 5.60 Å². The number of rotatable bonds is 3. The number of ether oxygens (including phenoxy) is 1. The van der Waals surface area contributed by atoms with Crippen LogP contribution in [0.4, 0.5) is 0 Å². The first-order chi connectivity index (χ1) is 9.29. The van der Waals surface area contributed by atoms with Crippen molar-refractivity contribution in [3.8, 4) is 0 Å². The fourth-order valence-electron chi connectivity index (χ4n) is 4.46. The van der Waals surface area contributed by atoms with E-state index in [4.69, 9.17) is 9.73 Å². The van der Waals surface area contributed by atoms with Crippen LogP contribution in [0.3, 0.4) is 0 Å². The van der Waals surface area contributed by atoms with Gasteiger partial charge in [-0.15, -0.1) is 0 Å². The molecule has 0 radical (unpaired) electrons. The zero-order chi connectivity index (χ0) is 13.2. The van der Waals surface area contributed by atoms with E-state index in [1.54, 1.807) is 0 Å². The van der Waals surface area contributed by atoms with Crippen LogP contribution in [0.1, 0.15) is 71.1 Å². The maximum atomic E-state index is 6.24. The lowest BCUT2D eigenvalue weighted by Crippen LogP contribution is -2.44. The smallest absolute Gasteiger partial charge is 0.0691 e. The Balaban J connectivity index is 1.87. The van der Waals surface area contributed by atoms with Crippen molar-refractivity contribution in [2.24, 2.45) is 10.4 Å². The summed E-state index contributed by atoms with van der Waals surface area (Å²) in [5.74, 6) is 0. The number of nitrogens with zero attached hydrogens (tertiary/aromatic N) is 1. The minimum atomic E-state index is 0.196. The molecule has 2 heterocycles. The zero-order valence-corrected chi connectivity index (χ0v) is 12.3. The molecule has 1 spiro atoms. The van der Waals surface area contributed by atoms with Crippen molar-refractivity contribution in [1.82, 2.24) is 0 Å². The van der Waals surface area contributed by atoms with Gasteiger partial charge in [0.1, 0.15) is 0 Å². The molecule has 2 fully saturated rings. The van der Waals surface area contributed by atoms with Crippen LogP contribution in [0.2, 0.25) is 0 Å². The Hall–Kier alpha value is -0.630. The highest BCUT2D eigenvalue weighted by Crippen LogP contribution is 2.53. The molecule has 2 heteroatoms. The Labute approximate surface area is 117 Å². The number of hydrogen-bond acceptors (Lipinski definition) is 2. The molecule has 0 amide bonds. The van der Waals surface area contributed by atoms with Crippen molar-refractivity contribution in [1.29, 1.82) is 0 Å². The Morgan fingerprint density at radius 2 is 2.05 bits per heavy atom. The SMILES string of the molecule is CCC[C@@]1(C2=CCCC=N2)CCOC2(CCCC2)C1. The molecule has 3 rings (SSSR count). The van der Waals surface area contributed by atoms with E-state index in [2.05, 4.69) is 19.2 Å². The highest BCUT2D eigenvalue weighted by atomic mass is 16.5. The van der Waals surface area contributed by atoms with E-state index in [-0.39, 0.29) is 5.60 Å². The molecular formula is C17H27NO. The molecule has 1 saturated carbocycles. The molecule has 1 aliphatic carbocycles. The summed E-state index contributed by atoms with van der Waals surface area (Å²) in [5, 5.41) is 0. The second kappa shape index (κ2) is 5.40. The average Bonchev–Trinajstić information content (AvgIpc) is 2.88. The molecule has 0 aromatic carbocycles. The fourth-order valence-corrected chi connectivity index (χ4v) is 4.46. The monoisotopic (exact) mass is 261 g/mol. The molecule has 1 saturated heterocycles. The van der Waals surface area contributed by atoms with E-state index >= 15 is 0 Å². The molecule has 0 bridgehead atoms. The van der Waals surface area contributed by atoms with E-state index in [0.717, 1.165) is 13.0 Å². The lowest BCUT2D eigenvalue weighted by molar-refractivity contribution is -0.115. The predicted octanol–water partition coefficient (Wildman–Crippen LogP) is 4.64. The predicted molar refractivity (Wildman–Crippen MR) is 79.5 cm³/mol. The summed E-state index contributed by atoms with van der Waals surface area (Å²) >= 11 is 0. The summed E-state index contributed by atoms with van der Waals surface area (Å²) < 4.78 is 6.24. The molecule has 0 unspecified atom stereocenters. The molecule has 106 valence electrons. The Bertz CT molecular complexity index is 375. The van der Waals surface area contributed by atoms with E-state index in [9.17, 15) is 0 Å². The van der Waals surface area contributed by atoms with Gasteiger partial charge in [-0.2, -0.15) is 0 Å².